The van der Waals surface area contributed by atoms with Crippen LogP contribution in [0.2, 0.25) is 0 Å². The van der Waals surface area contributed by atoms with E-state index in [1.807, 2.05) is 0 Å². The molecule has 0 bridgehead atoms. The summed E-state index contributed by atoms with van der Waals surface area (Å²) in [6.45, 7) is 0. The van der Waals surface area contributed by atoms with E-state index in [1.54, 1.807) is 0 Å². The Kier molecular flexibility index (Phi) is 9.89. The highest BCUT2D eigenvalue weighted by atomic mass is 15.2. The minimum absolute atomic E-state index is 1.05. The van der Waals surface area contributed by atoms with Gasteiger partial charge in [0, 0.05) is 50.3 Å². The lowest BCUT2D eigenvalue weighted by molar-refractivity contribution is 1.26. The van der Waals surface area contributed by atoms with E-state index >= 15 is 0 Å². The van der Waals surface area contributed by atoms with Crippen LogP contribution in [0, 0.1) is 0 Å². The molecule has 0 atom stereocenters. The van der Waals surface area contributed by atoms with Crippen molar-refractivity contribution in [2.45, 2.75) is 0 Å². The van der Waals surface area contributed by atoms with Gasteiger partial charge in [-0.15, -0.1) is 0 Å². The Morgan fingerprint density at radius 3 is 0.873 bits per heavy atom. The monoisotopic (exact) mass is 805 g/mol. The Labute approximate surface area is 368 Å². The molecule has 0 unspecified atom stereocenters. The highest BCUT2D eigenvalue weighted by molar-refractivity contribution is 6.03. The van der Waals surface area contributed by atoms with Gasteiger partial charge in [-0.3, -0.25) is 0 Å². The largest absolute Gasteiger partial charge is 0.310 e. The van der Waals surface area contributed by atoms with Gasteiger partial charge in [0.25, 0.3) is 0 Å². The number of benzene rings is 11. The van der Waals surface area contributed by atoms with Gasteiger partial charge in [0.05, 0.1) is 17.1 Å². The van der Waals surface area contributed by atoms with Crippen molar-refractivity contribution in [1.29, 1.82) is 0 Å². The molecule has 0 amide bonds. The number of hydrogen-bond acceptors (Lipinski definition) is 3. The Morgan fingerprint density at radius 2 is 0.492 bits per heavy atom. The summed E-state index contributed by atoms with van der Waals surface area (Å²) < 4.78 is 0. The quantitative estimate of drug-likeness (QED) is 0.136. The first kappa shape index (κ1) is 37.6. The molecule has 11 aromatic carbocycles. The summed E-state index contributed by atoms with van der Waals surface area (Å²) in [5.41, 5.74) is 12.0. The Bertz CT molecular complexity index is 3190. The number of hydrogen-bond donors (Lipinski definition) is 0. The van der Waals surface area contributed by atoms with E-state index in [-0.39, 0.29) is 0 Å². The van der Waals surface area contributed by atoms with Crippen molar-refractivity contribution in [1.82, 2.24) is 0 Å². The lowest BCUT2D eigenvalue weighted by Crippen LogP contribution is -2.14. The van der Waals surface area contributed by atoms with Crippen LogP contribution in [0.3, 0.4) is 0 Å². The first-order valence-corrected chi connectivity index (χ1v) is 21.5. The minimum atomic E-state index is 1.05. The number of para-hydroxylation sites is 3. The summed E-state index contributed by atoms with van der Waals surface area (Å²) in [6, 6.07) is 93.9. The van der Waals surface area contributed by atoms with Crippen molar-refractivity contribution >= 4 is 83.5 Å². The number of fused-ring (bicyclic) bond motifs is 3. The zero-order valence-electron chi connectivity index (χ0n) is 34.7. The molecule has 0 aromatic heterocycles. The van der Waals surface area contributed by atoms with Crippen molar-refractivity contribution in [3.8, 4) is 11.1 Å². The van der Waals surface area contributed by atoms with E-state index in [0.717, 1.165) is 62.3 Å². The van der Waals surface area contributed by atoms with Crippen molar-refractivity contribution in [2.75, 3.05) is 14.7 Å². The van der Waals surface area contributed by atoms with E-state index in [4.69, 9.17) is 0 Å². The molecule has 298 valence electrons. The molecule has 0 saturated carbocycles. The van der Waals surface area contributed by atoms with Crippen LogP contribution in [0.4, 0.5) is 51.2 Å². The third-order valence-corrected chi connectivity index (χ3v) is 11.9. The molecule has 0 N–H and O–H groups in total. The summed E-state index contributed by atoms with van der Waals surface area (Å²) in [5.74, 6) is 0. The molecule has 0 radical (unpaired) electrons. The van der Waals surface area contributed by atoms with Crippen LogP contribution in [0.5, 0.6) is 0 Å². The van der Waals surface area contributed by atoms with Crippen molar-refractivity contribution in [3.05, 3.63) is 261 Å². The smallest absolute Gasteiger partial charge is 0.0540 e. The predicted molar refractivity (Wildman–Crippen MR) is 268 cm³/mol. The average Bonchev–Trinajstić information content (AvgIpc) is 3.36. The van der Waals surface area contributed by atoms with Gasteiger partial charge in [-0.05, 0) is 112 Å². The van der Waals surface area contributed by atoms with E-state index in [1.165, 1.54) is 32.3 Å². The molecule has 3 heteroatoms. The third-order valence-electron chi connectivity index (χ3n) is 11.9. The summed E-state index contributed by atoms with van der Waals surface area (Å²) in [5, 5.41) is 7.17. The van der Waals surface area contributed by atoms with Gasteiger partial charge in [0.2, 0.25) is 0 Å². The molecule has 11 aromatic rings. The lowest BCUT2D eigenvalue weighted by Gasteiger charge is -2.31. The number of nitrogens with zero attached hydrogens (tertiary/aromatic N) is 3. The predicted octanol–water partition coefficient (Wildman–Crippen LogP) is 17.2. The summed E-state index contributed by atoms with van der Waals surface area (Å²) in [4.78, 5) is 7.19. The molecule has 3 nitrogen and oxygen atoms in total. The zero-order chi connectivity index (χ0) is 42.0. The van der Waals surface area contributed by atoms with Crippen LogP contribution in [0.15, 0.2) is 261 Å². The van der Waals surface area contributed by atoms with Crippen LogP contribution >= 0.6 is 0 Å². The molecule has 0 heterocycles. The number of anilines is 9. The zero-order valence-corrected chi connectivity index (χ0v) is 34.7. The number of rotatable bonds is 10. The molecule has 0 fully saturated rings. The van der Waals surface area contributed by atoms with Crippen LogP contribution in [0.25, 0.3) is 43.4 Å². The maximum absolute atomic E-state index is 2.41. The minimum Gasteiger partial charge on any atom is -0.310 e. The molecular formula is C60H43N3. The van der Waals surface area contributed by atoms with Crippen LogP contribution in [-0.4, -0.2) is 0 Å². The fraction of sp³-hybridized carbons (Fsp3) is 0. The van der Waals surface area contributed by atoms with Crippen LogP contribution < -0.4 is 14.7 Å². The lowest BCUT2D eigenvalue weighted by atomic mass is 10.00. The molecular weight excluding hydrogens is 763 g/mol. The van der Waals surface area contributed by atoms with E-state index < -0.39 is 0 Å². The summed E-state index contributed by atoms with van der Waals surface area (Å²) in [6.07, 6.45) is 0. The second-order valence-corrected chi connectivity index (χ2v) is 15.8. The Balaban J connectivity index is 1.14. The van der Waals surface area contributed by atoms with Crippen LogP contribution in [-0.2, 0) is 0 Å². The van der Waals surface area contributed by atoms with Crippen molar-refractivity contribution < 1.29 is 0 Å². The van der Waals surface area contributed by atoms with Gasteiger partial charge in [0.15, 0.2) is 0 Å². The van der Waals surface area contributed by atoms with Gasteiger partial charge in [-0.25, -0.2) is 0 Å². The molecule has 63 heavy (non-hydrogen) atoms. The average molecular weight is 806 g/mol. The van der Waals surface area contributed by atoms with E-state index in [9.17, 15) is 0 Å². The Hall–Kier alpha value is -8.40. The maximum atomic E-state index is 2.41. The third kappa shape index (κ3) is 7.22. The first-order chi connectivity index (χ1) is 31.3. The van der Waals surface area contributed by atoms with Crippen molar-refractivity contribution in [2.24, 2.45) is 0 Å². The molecule has 0 aliphatic heterocycles. The van der Waals surface area contributed by atoms with E-state index in [0.29, 0.717) is 0 Å². The molecule has 0 spiro atoms. The van der Waals surface area contributed by atoms with Gasteiger partial charge in [-0.2, -0.15) is 0 Å². The van der Waals surface area contributed by atoms with E-state index in [2.05, 4.69) is 276 Å². The maximum Gasteiger partial charge on any atom is 0.0540 e. The second-order valence-electron chi connectivity index (χ2n) is 15.8. The normalized spacial score (nSPS) is 11.2. The Morgan fingerprint density at radius 1 is 0.190 bits per heavy atom. The fourth-order valence-corrected chi connectivity index (χ4v) is 9.05. The van der Waals surface area contributed by atoms with Crippen molar-refractivity contribution in [3.63, 3.8) is 0 Å². The standard InChI is InChI=1S/C60H43N3/c1-4-25-49(26-5-1)61(58-34-16-22-45-19-10-13-31-55(45)58)52-39-37-44(38-40-52)48-41-53(62(50-27-6-2-7-28-50)59-35-17-23-46-20-11-14-32-56(46)59)43-54(42-48)63(51-29-8-3-9-30-51)60-36-18-24-47-21-12-15-33-57(47)60/h1-43H. The molecule has 0 aliphatic rings. The topological polar surface area (TPSA) is 9.72 Å². The first-order valence-electron chi connectivity index (χ1n) is 21.5. The van der Waals surface area contributed by atoms with Gasteiger partial charge >= 0.3 is 0 Å². The molecule has 0 aliphatic carbocycles. The highest BCUT2D eigenvalue weighted by Gasteiger charge is 2.22. The molecule has 0 saturated heterocycles. The SMILES string of the molecule is c1ccc(N(c2ccc(-c3cc(N(c4ccccc4)c4cccc5ccccc45)cc(N(c4ccccc4)c4cccc5ccccc45)c3)cc2)c2cccc3ccccc23)cc1. The summed E-state index contributed by atoms with van der Waals surface area (Å²) in [7, 11) is 0. The van der Waals surface area contributed by atoms with Gasteiger partial charge in [0.1, 0.15) is 0 Å². The van der Waals surface area contributed by atoms with Gasteiger partial charge in [-0.1, -0.05) is 176 Å². The van der Waals surface area contributed by atoms with Crippen LogP contribution in [0.1, 0.15) is 0 Å². The second kappa shape index (κ2) is 16.6. The summed E-state index contributed by atoms with van der Waals surface area (Å²) >= 11 is 0. The highest BCUT2D eigenvalue weighted by Crippen LogP contribution is 2.47. The fourth-order valence-electron chi connectivity index (χ4n) is 9.05. The molecule has 11 rings (SSSR count). The van der Waals surface area contributed by atoms with Gasteiger partial charge < -0.3 is 14.7 Å².